The molecule has 3 rings (SSSR count). The first-order valence-corrected chi connectivity index (χ1v) is 6.74. The number of carbonyl (C=O) groups is 2. The highest BCUT2D eigenvalue weighted by Gasteiger charge is 2.32. The molecule has 1 saturated heterocycles. The van der Waals surface area contributed by atoms with Crippen LogP contribution in [0.3, 0.4) is 0 Å². The molecule has 2 amide bonds. The maximum Gasteiger partial charge on any atom is 0.272 e. The van der Waals surface area contributed by atoms with Crippen LogP contribution in [0.2, 0.25) is 0 Å². The van der Waals surface area contributed by atoms with Crippen molar-refractivity contribution in [3.8, 4) is 0 Å². The zero-order valence-electron chi connectivity index (χ0n) is 10.7. The molecule has 20 heavy (non-hydrogen) atoms. The molecule has 1 atom stereocenters. The number of anilines is 1. The minimum absolute atomic E-state index is 0.0281. The Morgan fingerprint density at radius 1 is 1.50 bits per heavy atom. The average Bonchev–Trinajstić information content (AvgIpc) is 3.10. The van der Waals surface area contributed by atoms with E-state index >= 15 is 0 Å². The first kappa shape index (κ1) is 12.7. The third-order valence-electron chi connectivity index (χ3n) is 3.06. The molecular formula is C11H12N6O2S. The minimum Gasteiger partial charge on any atom is -0.346 e. The summed E-state index contributed by atoms with van der Waals surface area (Å²) in [6, 6.07) is -0.225. The molecule has 0 saturated carbocycles. The fourth-order valence-corrected chi connectivity index (χ4v) is 2.54. The number of aryl methyl sites for hydroxylation is 1. The van der Waals surface area contributed by atoms with E-state index in [2.05, 4.69) is 19.2 Å². The molecule has 0 bridgehead atoms. The van der Waals surface area contributed by atoms with Crippen molar-refractivity contribution in [2.45, 2.75) is 12.5 Å². The van der Waals surface area contributed by atoms with E-state index in [1.807, 2.05) is 0 Å². The van der Waals surface area contributed by atoms with Gasteiger partial charge < -0.3 is 10.2 Å². The van der Waals surface area contributed by atoms with Crippen LogP contribution in [0.25, 0.3) is 0 Å². The molecule has 8 nitrogen and oxygen atoms in total. The fraction of sp³-hybridized carbons (Fsp3) is 0.364. The Labute approximate surface area is 118 Å². The molecular weight excluding hydrogens is 280 g/mol. The van der Waals surface area contributed by atoms with E-state index in [0.29, 0.717) is 6.54 Å². The fourth-order valence-electron chi connectivity index (χ4n) is 2.13. The first-order chi connectivity index (χ1) is 9.63. The van der Waals surface area contributed by atoms with Crippen molar-refractivity contribution in [2.24, 2.45) is 7.05 Å². The lowest BCUT2D eigenvalue weighted by molar-refractivity contribution is -0.117. The van der Waals surface area contributed by atoms with Crippen molar-refractivity contribution in [1.82, 2.24) is 23.8 Å². The Morgan fingerprint density at radius 2 is 2.35 bits per heavy atom. The highest BCUT2D eigenvalue weighted by molar-refractivity contribution is 6.99. The number of nitrogens with zero attached hydrogens (tertiary/aromatic N) is 5. The summed E-state index contributed by atoms with van der Waals surface area (Å²) in [6.45, 7) is 0.438. The summed E-state index contributed by atoms with van der Waals surface area (Å²) in [7, 11) is 1.79. The second kappa shape index (κ2) is 5.00. The number of carbonyl (C=O) groups excluding carboxylic acids is 2. The molecule has 1 aliphatic heterocycles. The van der Waals surface area contributed by atoms with Crippen molar-refractivity contribution >= 4 is 29.2 Å². The topological polar surface area (TPSA) is 93.0 Å². The summed E-state index contributed by atoms with van der Waals surface area (Å²) in [5, 5.41) is 6.83. The predicted octanol–water partition coefficient (Wildman–Crippen LogP) is -0.193. The number of aromatic nitrogens is 4. The Balaban J connectivity index is 1.66. The van der Waals surface area contributed by atoms with Gasteiger partial charge in [0.2, 0.25) is 5.91 Å². The summed E-state index contributed by atoms with van der Waals surface area (Å²) in [5.74, 6) is -0.329. The molecule has 1 fully saturated rings. The second-order valence-corrected chi connectivity index (χ2v) is 5.10. The summed E-state index contributed by atoms with van der Waals surface area (Å²) in [4.78, 5) is 25.5. The Kier molecular flexibility index (Phi) is 3.18. The van der Waals surface area contributed by atoms with Crippen molar-refractivity contribution in [3.63, 3.8) is 0 Å². The van der Waals surface area contributed by atoms with Gasteiger partial charge in [0.1, 0.15) is 0 Å². The quantitative estimate of drug-likeness (QED) is 0.846. The smallest absolute Gasteiger partial charge is 0.272 e. The van der Waals surface area contributed by atoms with Crippen LogP contribution in [0.1, 0.15) is 16.9 Å². The highest BCUT2D eigenvalue weighted by atomic mass is 32.1. The number of nitrogens with one attached hydrogen (secondary N) is 1. The van der Waals surface area contributed by atoms with Gasteiger partial charge >= 0.3 is 0 Å². The predicted molar refractivity (Wildman–Crippen MR) is 71.3 cm³/mol. The summed E-state index contributed by atoms with van der Waals surface area (Å²) >= 11 is 0.977. The van der Waals surface area contributed by atoms with Crippen molar-refractivity contribution in [1.29, 1.82) is 0 Å². The molecule has 0 spiro atoms. The van der Waals surface area contributed by atoms with E-state index < -0.39 is 0 Å². The van der Waals surface area contributed by atoms with Crippen LogP contribution in [-0.4, -0.2) is 42.9 Å². The minimum atomic E-state index is -0.301. The molecule has 104 valence electrons. The molecule has 0 aromatic carbocycles. The van der Waals surface area contributed by atoms with Crippen molar-refractivity contribution in [3.05, 3.63) is 24.3 Å². The van der Waals surface area contributed by atoms with Gasteiger partial charge in [0.15, 0.2) is 5.69 Å². The van der Waals surface area contributed by atoms with Crippen LogP contribution >= 0.6 is 11.7 Å². The van der Waals surface area contributed by atoms with Crippen LogP contribution in [0.15, 0.2) is 18.6 Å². The van der Waals surface area contributed by atoms with Crippen LogP contribution in [0.5, 0.6) is 0 Å². The normalized spacial score (nSPS) is 18.6. The molecule has 2 aromatic rings. The molecule has 2 aromatic heterocycles. The summed E-state index contributed by atoms with van der Waals surface area (Å²) in [6.07, 6.45) is 5.09. The number of hydrogen-bond acceptors (Lipinski definition) is 6. The van der Waals surface area contributed by atoms with Crippen molar-refractivity contribution < 1.29 is 9.59 Å². The molecule has 1 aliphatic rings. The molecule has 3 heterocycles. The molecule has 0 aliphatic carbocycles. The van der Waals surface area contributed by atoms with Crippen molar-refractivity contribution in [2.75, 3.05) is 11.4 Å². The standard InChI is InChI=1S/C11H12N6O2S/c1-16-6-8(3-12-16)17-5-7(2-10(17)18)14-11(19)9-4-13-20-15-9/h3-4,6-7H,2,5H2,1H3,(H,14,19). The van der Waals surface area contributed by atoms with Crippen LogP contribution < -0.4 is 10.2 Å². The van der Waals surface area contributed by atoms with E-state index in [-0.39, 0.29) is 30.0 Å². The molecule has 1 unspecified atom stereocenters. The zero-order chi connectivity index (χ0) is 14.1. The molecule has 0 radical (unpaired) electrons. The highest BCUT2D eigenvalue weighted by Crippen LogP contribution is 2.20. The SMILES string of the molecule is Cn1cc(N2CC(NC(=O)c3cnsn3)CC2=O)cn1. The first-order valence-electron chi connectivity index (χ1n) is 6.01. The molecule has 1 N–H and O–H groups in total. The number of hydrogen-bond donors (Lipinski definition) is 1. The van der Waals surface area contributed by atoms with E-state index in [0.717, 1.165) is 17.4 Å². The third kappa shape index (κ3) is 2.39. The summed E-state index contributed by atoms with van der Waals surface area (Å²) in [5.41, 5.74) is 1.02. The monoisotopic (exact) mass is 292 g/mol. The van der Waals surface area contributed by atoms with E-state index in [1.165, 1.54) is 6.20 Å². The Hall–Kier alpha value is -2.29. The van der Waals surface area contributed by atoms with Gasteiger partial charge in [0, 0.05) is 26.2 Å². The van der Waals surface area contributed by atoms with E-state index in [1.54, 1.807) is 29.0 Å². The summed E-state index contributed by atoms with van der Waals surface area (Å²) < 4.78 is 9.28. The second-order valence-electron chi connectivity index (χ2n) is 4.54. The van der Waals surface area contributed by atoms with Crippen LogP contribution in [0.4, 0.5) is 5.69 Å². The zero-order valence-corrected chi connectivity index (χ0v) is 11.5. The lowest BCUT2D eigenvalue weighted by Gasteiger charge is -2.14. The average molecular weight is 292 g/mol. The molecule has 9 heteroatoms. The van der Waals surface area contributed by atoms with Crippen LogP contribution in [-0.2, 0) is 11.8 Å². The largest absolute Gasteiger partial charge is 0.346 e. The van der Waals surface area contributed by atoms with Gasteiger partial charge in [-0.05, 0) is 0 Å². The van der Waals surface area contributed by atoms with E-state index in [4.69, 9.17) is 0 Å². The van der Waals surface area contributed by atoms with Gasteiger partial charge in [-0.25, -0.2) is 0 Å². The van der Waals surface area contributed by atoms with Gasteiger partial charge in [-0.1, -0.05) is 0 Å². The van der Waals surface area contributed by atoms with Gasteiger partial charge in [-0.3, -0.25) is 14.3 Å². The van der Waals surface area contributed by atoms with E-state index in [9.17, 15) is 9.59 Å². The lowest BCUT2D eigenvalue weighted by atomic mass is 10.2. The van der Waals surface area contributed by atoms with Gasteiger partial charge in [-0.2, -0.15) is 13.8 Å². The van der Waals surface area contributed by atoms with Gasteiger partial charge in [0.05, 0.1) is 35.9 Å². The maximum atomic E-state index is 12.0. The van der Waals surface area contributed by atoms with Gasteiger partial charge in [0.25, 0.3) is 5.91 Å². The Morgan fingerprint density at radius 3 is 3.00 bits per heavy atom. The Bertz CT molecular complexity index is 637. The van der Waals surface area contributed by atoms with Gasteiger partial charge in [-0.15, -0.1) is 0 Å². The number of rotatable bonds is 3. The number of amides is 2. The third-order valence-corrected chi connectivity index (χ3v) is 3.54. The lowest BCUT2D eigenvalue weighted by Crippen LogP contribution is -2.37. The maximum absolute atomic E-state index is 12.0. The van der Waals surface area contributed by atoms with Crippen LogP contribution in [0, 0.1) is 0 Å².